The van der Waals surface area contributed by atoms with E-state index in [-0.39, 0.29) is 9.92 Å². The molecule has 0 saturated carbocycles. The Morgan fingerprint density at radius 3 is 2.58 bits per heavy atom. The fourth-order valence-corrected chi connectivity index (χ4v) is 3.21. The highest BCUT2D eigenvalue weighted by Gasteiger charge is 2.19. The molecule has 2 rings (SSSR count). The number of aromatic nitrogens is 1. The van der Waals surface area contributed by atoms with E-state index >= 15 is 0 Å². The van der Waals surface area contributed by atoms with Crippen molar-refractivity contribution in [1.29, 1.82) is 0 Å². The smallest absolute Gasteiger partial charge is 0.264 e. The van der Waals surface area contributed by atoms with Gasteiger partial charge in [0.05, 0.1) is 10.7 Å². The minimum atomic E-state index is -3.79. The summed E-state index contributed by atoms with van der Waals surface area (Å²) < 4.78 is 26.9. The number of rotatable bonds is 3. The lowest BCUT2D eigenvalue weighted by Gasteiger charge is -2.11. The average Bonchev–Trinajstić information content (AvgIpc) is 2.35. The fourth-order valence-electron chi connectivity index (χ4n) is 1.48. The molecule has 4 nitrogen and oxygen atoms in total. The zero-order chi connectivity index (χ0) is 14.0. The predicted molar refractivity (Wildman–Crippen MR) is 76.2 cm³/mol. The molecule has 2 aromatic rings. The second kappa shape index (κ2) is 5.36. The Labute approximate surface area is 121 Å². The number of pyridine rings is 1. The average molecular weight is 317 g/mol. The Hall–Kier alpha value is -1.30. The topological polar surface area (TPSA) is 59.1 Å². The van der Waals surface area contributed by atoms with E-state index in [2.05, 4.69) is 9.71 Å². The normalized spacial score (nSPS) is 11.3. The predicted octanol–water partition coefficient (Wildman–Crippen LogP) is 3.50. The van der Waals surface area contributed by atoms with Gasteiger partial charge in [0.25, 0.3) is 10.0 Å². The summed E-state index contributed by atoms with van der Waals surface area (Å²) in [5.74, 6) is 0. The van der Waals surface area contributed by atoms with Crippen LogP contribution in [0.4, 0.5) is 5.69 Å². The van der Waals surface area contributed by atoms with Gasteiger partial charge in [0, 0.05) is 17.4 Å². The summed E-state index contributed by atoms with van der Waals surface area (Å²) in [7, 11) is -3.79. The molecule has 0 unspecified atom stereocenters. The molecule has 7 heteroatoms. The molecule has 0 aliphatic rings. The molecule has 0 fully saturated rings. The van der Waals surface area contributed by atoms with Crippen molar-refractivity contribution in [2.75, 3.05) is 4.72 Å². The van der Waals surface area contributed by atoms with E-state index in [1.165, 1.54) is 18.5 Å². The lowest BCUT2D eigenvalue weighted by Crippen LogP contribution is -2.14. The maximum Gasteiger partial charge on any atom is 0.264 e. The molecule has 0 aliphatic carbocycles. The fraction of sp³-hybridized carbons (Fsp3) is 0.0833. The molecule has 0 bridgehead atoms. The van der Waals surface area contributed by atoms with Crippen LogP contribution in [0.25, 0.3) is 0 Å². The van der Waals surface area contributed by atoms with E-state index in [9.17, 15) is 8.42 Å². The third-order valence-corrected chi connectivity index (χ3v) is 4.78. The van der Waals surface area contributed by atoms with Crippen LogP contribution in [0.1, 0.15) is 5.56 Å². The molecular weight excluding hydrogens is 307 g/mol. The highest BCUT2D eigenvalue weighted by Crippen LogP contribution is 2.27. The molecule has 0 aliphatic heterocycles. The van der Waals surface area contributed by atoms with Gasteiger partial charge in [0.1, 0.15) is 4.90 Å². The van der Waals surface area contributed by atoms with Crippen molar-refractivity contribution in [2.45, 2.75) is 11.8 Å². The van der Waals surface area contributed by atoms with Crippen molar-refractivity contribution in [3.8, 4) is 0 Å². The van der Waals surface area contributed by atoms with Crippen LogP contribution in [-0.2, 0) is 10.0 Å². The SMILES string of the molecule is Cc1c(Cl)cccc1NS(=O)(=O)c1cnccc1Cl. The maximum atomic E-state index is 12.2. The van der Waals surface area contributed by atoms with E-state index in [0.29, 0.717) is 16.3 Å². The van der Waals surface area contributed by atoms with Crippen LogP contribution in [0.3, 0.4) is 0 Å². The van der Waals surface area contributed by atoms with Crippen molar-refractivity contribution >= 4 is 38.9 Å². The van der Waals surface area contributed by atoms with Crippen LogP contribution < -0.4 is 4.72 Å². The van der Waals surface area contributed by atoms with Crippen molar-refractivity contribution < 1.29 is 8.42 Å². The zero-order valence-corrected chi connectivity index (χ0v) is 12.2. The first-order valence-corrected chi connectivity index (χ1v) is 7.53. The highest BCUT2D eigenvalue weighted by molar-refractivity contribution is 7.92. The van der Waals surface area contributed by atoms with Gasteiger partial charge in [-0.1, -0.05) is 29.3 Å². The third kappa shape index (κ3) is 3.00. The quantitative estimate of drug-likeness (QED) is 0.942. The van der Waals surface area contributed by atoms with Crippen molar-refractivity contribution in [3.05, 3.63) is 52.3 Å². The molecule has 0 atom stereocenters. The Bertz CT molecular complexity index is 717. The molecule has 1 heterocycles. The van der Waals surface area contributed by atoms with Crippen LogP contribution in [0.15, 0.2) is 41.6 Å². The third-order valence-electron chi connectivity index (χ3n) is 2.54. The van der Waals surface area contributed by atoms with Gasteiger partial charge < -0.3 is 0 Å². The first kappa shape index (κ1) is 14.1. The van der Waals surface area contributed by atoms with E-state index < -0.39 is 10.0 Å². The van der Waals surface area contributed by atoms with E-state index in [4.69, 9.17) is 23.2 Å². The van der Waals surface area contributed by atoms with E-state index in [1.807, 2.05) is 0 Å². The van der Waals surface area contributed by atoms with Crippen molar-refractivity contribution in [2.24, 2.45) is 0 Å². The molecule has 0 spiro atoms. The summed E-state index contributed by atoms with van der Waals surface area (Å²) in [4.78, 5) is 3.69. The Balaban J connectivity index is 2.43. The largest absolute Gasteiger partial charge is 0.279 e. The van der Waals surface area contributed by atoms with Crippen LogP contribution in [0.5, 0.6) is 0 Å². The summed E-state index contributed by atoms with van der Waals surface area (Å²) in [5.41, 5.74) is 1.06. The van der Waals surface area contributed by atoms with Gasteiger partial charge in [-0.3, -0.25) is 9.71 Å². The van der Waals surface area contributed by atoms with Crippen LogP contribution in [-0.4, -0.2) is 13.4 Å². The number of hydrogen-bond acceptors (Lipinski definition) is 3. The van der Waals surface area contributed by atoms with E-state index in [1.54, 1.807) is 25.1 Å². The second-order valence-corrected chi connectivity index (χ2v) is 6.29. The molecule has 19 heavy (non-hydrogen) atoms. The van der Waals surface area contributed by atoms with Gasteiger partial charge in [-0.05, 0) is 30.7 Å². The maximum absolute atomic E-state index is 12.2. The Morgan fingerprint density at radius 2 is 1.89 bits per heavy atom. The minimum absolute atomic E-state index is 0.0731. The molecule has 0 amide bonds. The first-order valence-electron chi connectivity index (χ1n) is 5.29. The molecule has 1 N–H and O–H groups in total. The monoisotopic (exact) mass is 316 g/mol. The Kier molecular flexibility index (Phi) is 3.99. The summed E-state index contributed by atoms with van der Waals surface area (Å²) in [6.07, 6.45) is 2.62. The standard InChI is InChI=1S/C12H10Cl2N2O2S/c1-8-9(13)3-2-4-11(8)16-19(17,18)12-7-15-6-5-10(12)14/h2-7,16H,1H3. The summed E-state index contributed by atoms with van der Waals surface area (Å²) in [5, 5.41) is 0.597. The van der Waals surface area contributed by atoms with Gasteiger partial charge in [0.2, 0.25) is 0 Å². The number of sulfonamides is 1. The molecule has 100 valence electrons. The zero-order valence-electron chi connectivity index (χ0n) is 9.89. The number of anilines is 1. The summed E-state index contributed by atoms with van der Waals surface area (Å²) in [6, 6.07) is 6.40. The number of hydrogen-bond donors (Lipinski definition) is 1. The lowest BCUT2D eigenvalue weighted by atomic mass is 10.2. The van der Waals surface area contributed by atoms with E-state index in [0.717, 1.165) is 0 Å². The number of nitrogens with zero attached hydrogens (tertiary/aromatic N) is 1. The molecule has 0 radical (unpaired) electrons. The van der Waals surface area contributed by atoms with Crippen LogP contribution in [0, 0.1) is 6.92 Å². The number of nitrogens with one attached hydrogen (secondary N) is 1. The van der Waals surface area contributed by atoms with Gasteiger partial charge in [-0.15, -0.1) is 0 Å². The number of halogens is 2. The lowest BCUT2D eigenvalue weighted by molar-refractivity contribution is 0.601. The van der Waals surface area contributed by atoms with Gasteiger partial charge in [-0.2, -0.15) is 0 Å². The first-order chi connectivity index (χ1) is 8.92. The molecule has 1 aromatic carbocycles. The summed E-state index contributed by atoms with van der Waals surface area (Å²) in [6.45, 7) is 1.73. The molecular formula is C12H10Cl2N2O2S. The van der Waals surface area contributed by atoms with Gasteiger partial charge >= 0.3 is 0 Å². The van der Waals surface area contributed by atoms with Crippen molar-refractivity contribution in [1.82, 2.24) is 4.98 Å². The van der Waals surface area contributed by atoms with Crippen molar-refractivity contribution in [3.63, 3.8) is 0 Å². The summed E-state index contributed by atoms with van der Waals surface area (Å²) >= 11 is 11.8. The van der Waals surface area contributed by atoms with Crippen LogP contribution >= 0.6 is 23.2 Å². The molecule has 0 saturated heterocycles. The van der Waals surface area contributed by atoms with Gasteiger partial charge in [-0.25, -0.2) is 8.42 Å². The Morgan fingerprint density at radius 1 is 1.16 bits per heavy atom. The van der Waals surface area contributed by atoms with Gasteiger partial charge in [0.15, 0.2) is 0 Å². The van der Waals surface area contributed by atoms with Crippen LogP contribution in [0.2, 0.25) is 10.0 Å². The number of benzene rings is 1. The molecule has 1 aromatic heterocycles. The second-order valence-electron chi connectivity index (χ2n) is 3.82. The highest BCUT2D eigenvalue weighted by atomic mass is 35.5. The minimum Gasteiger partial charge on any atom is -0.279 e.